The summed E-state index contributed by atoms with van der Waals surface area (Å²) in [6.07, 6.45) is -2.41. The Morgan fingerprint density at radius 2 is 1.97 bits per heavy atom. The maximum Gasteiger partial charge on any atom is 0.417 e. The van der Waals surface area contributed by atoms with Crippen LogP contribution in [-0.4, -0.2) is 17.9 Å². The van der Waals surface area contributed by atoms with Gasteiger partial charge in [-0.25, -0.2) is 4.98 Å². The zero-order valence-electron chi connectivity index (χ0n) is 15.7. The van der Waals surface area contributed by atoms with Gasteiger partial charge in [0.15, 0.2) is 5.78 Å². The molecule has 2 aromatic heterocycles. The van der Waals surface area contributed by atoms with Crippen molar-refractivity contribution in [2.45, 2.75) is 38.3 Å². The summed E-state index contributed by atoms with van der Waals surface area (Å²) in [5, 5.41) is -0.115. The Morgan fingerprint density at radius 3 is 2.62 bits per heavy atom. The van der Waals surface area contributed by atoms with Crippen LogP contribution in [0.2, 0.25) is 0 Å². The van der Waals surface area contributed by atoms with Crippen LogP contribution in [0.25, 0.3) is 10.2 Å². The number of nitrogen functional groups attached to an aromatic ring is 1. The van der Waals surface area contributed by atoms with Crippen molar-refractivity contribution in [1.82, 2.24) is 4.98 Å². The molecule has 0 atom stereocenters. The number of rotatable bonds is 5. The first-order chi connectivity index (χ1) is 13.8. The number of fused-ring (bicyclic) bond motifs is 2. The zero-order chi connectivity index (χ0) is 20.8. The topological polar surface area (TPSA) is 65.2 Å². The van der Waals surface area contributed by atoms with E-state index in [1.807, 2.05) is 12.1 Å². The molecule has 0 saturated carbocycles. The first kappa shape index (κ1) is 19.7. The van der Waals surface area contributed by atoms with Gasteiger partial charge in [0.1, 0.15) is 10.6 Å². The lowest BCUT2D eigenvalue weighted by Crippen LogP contribution is -2.12. The second kappa shape index (κ2) is 7.33. The molecule has 0 bridgehead atoms. The average Bonchev–Trinajstić information content (AvgIpc) is 3.28. The molecular formula is C21H19F3N2O2S. The number of hydrogen-bond acceptors (Lipinski definition) is 5. The van der Waals surface area contributed by atoms with Crippen molar-refractivity contribution in [3.05, 3.63) is 51.5 Å². The van der Waals surface area contributed by atoms with Gasteiger partial charge in [0.25, 0.3) is 0 Å². The Bertz CT molecular complexity index is 1090. The van der Waals surface area contributed by atoms with Crippen LogP contribution in [0.5, 0.6) is 5.75 Å². The molecule has 0 aliphatic heterocycles. The molecule has 1 aliphatic rings. The molecule has 29 heavy (non-hydrogen) atoms. The number of benzene rings is 1. The van der Waals surface area contributed by atoms with Gasteiger partial charge < -0.3 is 10.5 Å². The summed E-state index contributed by atoms with van der Waals surface area (Å²) in [4.78, 5) is 17.5. The molecule has 0 unspecified atom stereocenters. The minimum Gasteiger partial charge on any atom is -0.497 e. The van der Waals surface area contributed by atoms with Crippen LogP contribution < -0.4 is 10.5 Å². The third kappa shape index (κ3) is 3.57. The van der Waals surface area contributed by atoms with E-state index in [4.69, 9.17) is 10.5 Å². The van der Waals surface area contributed by atoms with Crippen molar-refractivity contribution in [3.63, 3.8) is 0 Å². The van der Waals surface area contributed by atoms with E-state index in [2.05, 4.69) is 4.98 Å². The third-order valence-corrected chi connectivity index (χ3v) is 6.38. The largest absolute Gasteiger partial charge is 0.497 e. The van der Waals surface area contributed by atoms with Crippen molar-refractivity contribution >= 4 is 33.0 Å². The second-order valence-corrected chi connectivity index (χ2v) is 8.06. The monoisotopic (exact) mass is 420 g/mol. The summed E-state index contributed by atoms with van der Waals surface area (Å²) < 4.78 is 46.6. The summed E-state index contributed by atoms with van der Waals surface area (Å²) >= 11 is 0.964. The van der Waals surface area contributed by atoms with Crippen molar-refractivity contribution in [2.24, 2.45) is 0 Å². The number of aromatic nitrogens is 1. The number of Topliss-reactive ketones (excluding diaryl/α,β-unsaturated/α-hetero) is 1. The van der Waals surface area contributed by atoms with Crippen LogP contribution in [0.1, 0.15) is 44.9 Å². The van der Waals surface area contributed by atoms with Crippen molar-refractivity contribution < 1.29 is 22.7 Å². The van der Waals surface area contributed by atoms with Gasteiger partial charge in [0.05, 0.1) is 23.2 Å². The fourth-order valence-corrected chi connectivity index (χ4v) is 4.92. The first-order valence-electron chi connectivity index (χ1n) is 9.26. The number of nitrogens with zero attached hydrogens (tertiary/aromatic N) is 1. The van der Waals surface area contributed by atoms with Crippen molar-refractivity contribution in [2.75, 3.05) is 12.8 Å². The molecule has 0 spiro atoms. The van der Waals surface area contributed by atoms with Gasteiger partial charge in [-0.05, 0) is 48.9 Å². The number of alkyl halides is 3. The van der Waals surface area contributed by atoms with Gasteiger partial charge in [0.2, 0.25) is 0 Å². The highest BCUT2D eigenvalue weighted by Gasteiger charge is 2.40. The van der Waals surface area contributed by atoms with Gasteiger partial charge >= 0.3 is 6.18 Å². The van der Waals surface area contributed by atoms with Gasteiger partial charge in [-0.1, -0.05) is 12.1 Å². The molecule has 2 heterocycles. The number of anilines is 1. The molecule has 1 aliphatic carbocycles. The molecule has 152 valence electrons. The molecule has 4 nitrogen and oxygen atoms in total. The van der Waals surface area contributed by atoms with E-state index < -0.39 is 11.7 Å². The van der Waals surface area contributed by atoms with Gasteiger partial charge in [-0.15, -0.1) is 11.3 Å². The van der Waals surface area contributed by atoms with Crippen LogP contribution >= 0.6 is 11.3 Å². The van der Waals surface area contributed by atoms with E-state index >= 15 is 0 Å². The number of carbonyl (C=O) groups excluding carboxylic acids is 1. The van der Waals surface area contributed by atoms with E-state index in [1.165, 1.54) is 0 Å². The van der Waals surface area contributed by atoms with Crippen molar-refractivity contribution in [1.29, 1.82) is 0 Å². The standard InChI is InChI=1S/C21H19F3N2O2S/c1-28-12-8-5-11(6-9-12)7-10-15(27)19-18(25)16-17(21(22,23)24)13-3-2-4-14(13)26-20(16)29-19/h5-6,8-9H,2-4,7,10,25H2,1H3. The molecule has 4 rings (SSSR count). The Kier molecular flexibility index (Phi) is 4.98. The normalized spacial score (nSPS) is 13.7. The van der Waals surface area contributed by atoms with E-state index in [-0.39, 0.29) is 38.5 Å². The lowest BCUT2D eigenvalue weighted by Gasteiger charge is -2.13. The highest BCUT2D eigenvalue weighted by Crippen LogP contribution is 2.46. The number of carbonyl (C=O) groups is 1. The van der Waals surface area contributed by atoms with Gasteiger partial charge in [-0.3, -0.25) is 4.79 Å². The molecular weight excluding hydrogens is 401 g/mol. The number of hydrogen-bond donors (Lipinski definition) is 1. The van der Waals surface area contributed by atoms with Crippen molar-refractivity contribution in [3.8, 4) is 5.75 Å². The highest BCUT2D eigenvalue weighted by atomic mass is 32.1. The minimum absolute atomic E-state index is 0.0979. The Balaban J connectivity index is 1.67. The maximum absolute atomic E-state index is 13.8. The molecule has 3 aromatic rings. The van der Waals surface area contributed by atoms with E-state index in [9.17, 15) is 18.0 Å². The molecule has 0 amide bonds. The lowest BCUT2D eigenvalue weighted by atomic mass is 10.0. The summed E-state index contributed by atoms with van der Waals surface area (Å²) in [5.74, 6) is 0.447. The SMILES string of the molecule is COc1ccc(CCC(=O)c2sc3nc4c(c(C(F)(F)F)c3c2N)CCC4)cc1. The number of pyridine rings is 1. The predicted octanol–water partition coefficient (Wildman–Crippen LogP) is 5.21. The van der Waals surface area contributed by atoms with E-state index in [0.29, 0.717) is 37.1 Å². The smallest absolute Gasteiger partial charge is 0.417 e. The summed E-state index contributed by atoms with van der Waals surface area (Å²) in [7, 11) is 1.57. The van der Waals surface area contributed by atoms with Crippen LogP contribution in [0.15, 0.2) is 24.3 Å². The number of methoxy groups -OCH3 is 1. The Morgan fingerprint density at radius 1 is 1.24 bits per heavy atom. The molecule has 2 N–H and O–H groups in total. The van der Waals surface area contributed by atoms with Gasteiger partial charge in [-0.2, -0.15) is 13.2 Å². The molecule has 1 aromatic carbocycles. The number of thiophene rings is 1. The number of halogens is 3. The molecule has 0 radical (unpaired) electrons. The third-order valence-electron chi connectivity index (χ3n) is 5.24. The molecule has 0 saturated heterocycles. The Hall–Kier alpha value is -2.61. The van der Waals surface area contributed by atoms with E-state index in [1.54, 1.807) is 19.2 Å². The average molecular weight is 420 g/mol. The quantitative estimate of drug-likeness (QED) is 0.576. The maximum atomic E-state index is 13.8. The zero-order valence-corrected chi connectivity index (χ0v) is 16.5. The van der Waals surface area contributed by atoms with E-state index in [0.717, 1.165) is 16.9 Å². The first-order valence-corrected chi connectivity index (χ1v) is 10.1. The number of aryl methyl sites for hydroxylation is 2. The van der Waals surface area contributed by atoms with Crippen LogP contribution in [0.4, 0.5) is 18.9 Å². The summed E-state index contributed by atoms with van der Waals surface area (Å²) in [6.45, 7) is 0. The summed E-state index contributed by atoms with van der Waals surface area (Å²) in [6, 6.07) is 7.31. The molecule has 8 heteroatoms. The number of ether oxygens (including phenoxy) is 1. The number of nitrogens with two attached hydrogens (primary N) is 1. The highest BCUT2D eigenvalue weighted by molar-refractivity contribution is 7.21. The fraction of sp³-hybridized carbons (Fsp3) is 0.333. The Labute approximate surface area is 169 Å². The van der Waals surface area contributed by atoms with Crippen LogP contribution in [0, 0.1) is 0 Å². The molecule has 0 fully saturated rings. The predicted molar refractivity (Wildman–Crippen MR) is 107 cm³/mol. The number of ketones is 1. The minimum atomic E-state index is -4.53. The second-order valence-electron chi connectivity index (χ2n) is 7.06. The van der Waals surface area contributed by atoms with Crippen LogP contribution in [-0.2, 0) is 25.4 Å². The lowest BCUT2D eigenvalue weighted by molar-refractivity contribution is -0.136. The summed E-state index contributed by atoms with van der Waals surface area (Å²) in [5.41, 5.74) is 6.90. The van der Waals surface area contributed by atoms with Gasteiger partial charge in [0, 0.05) is 17.5 Å². The van der Waals surface area contributed by atoms with Crippen LogP contribution in [0.3, 0.4) is 0 Å². The fourth-order valence-electron chi connectivity index (χ4n) is 3.83.